The summed E-state index contributed by atoms with van der Waals surface area (Å²) in [6, 6.07) is 11.0. The van der Waals surface area contributed by atoms with E-state index in [2.05, 4.69) is 5.32 Å². The molecule has 0 radical (unpaired) electrons. The fraction of sp³-hybridized carbons (Fsp3) is 0.364. The Labute approximate surface area is 173 Å². The second-order valence-corrected chi connectivity index (χ2v) is 6.56. The topological polar surface area (TPSA) is 64.6 Å². The molecule has 0 unspecified atom stereocenters. The summed E-state index contributed by atoms with van der Waals surface area (Å²) in [4.78, 5) is 23.9. The van der Waals surface area contributed by atoms with Gasteiger partial charge < -0.3 is 14.8 Å². The van der Waals surface area contributed by atoms with Gasteiger partial charge in [-0.25, -0.2) is 4.79 Å². The van der Waals surface area contributed by atoms with E-state index in [4.69, 9.17) is 9.47 Å². The van der Waals surface area contributed by atoms with Gasteiger partial charge in [-0.1, -0.05) is 38.0 Å². The maximum atomic E-state index is 12.9. The maximum Gasteiger partial charge on any atom is 0.416 e. The van der Waals surface area contributed by atoms with Crippen molar-refractivity contribution >= 4 is 23.3 Å². The van der Waals surface area contributed by atoms with Crippen molar-refractivity contribution in [2.75, 3.05) is 18.5 Å². The van der Waals surface area contributed by atoms with E-state index < -0.39 is 17.7 Å². The molecule has 0 aliphatic rings. The van der Waals surface area contributed by atoms with E-state index in [1.54, 1.807) is 18.2 Å². The number of nitrogens with one attached hydrogen (secondary N) is 1. The first-order valence-corrected chi connectivity index (χ1v) is 9.67. The minimum atomic E-state index is -4.47. The first kappa shape index (κ1) is 23.3. The fourth-order valence-corrected chi connectivity index (χ4v) is 2.66. The SMILES string of the molecule is CCCCCC(=O)OCCOC(=O)c1ccccc1Nc1cccc(C(F)(F)F)c1. The molecule has 0 spiro atoms. The number of halogens is 3. The Kier molecular flexibility index (Phi) is 8.70. The number of hydrogen-bond donors (Lipinski definition) is 1. The number of carbonyl (C=O) groups excluding carboxylic acids is 2. The summed E-state index contributed by atoms with van der Waals surface area (Å²) in [6.07, 6.45) is -1.45. The molecule has 2 aromatic rings. The lowest BCUT2D eigenvalue weighted by atomic mass is 10.1. The molecular formula is C22H24F3NO4. The third-order valence-corrected chi connectivity index (χ3v) is 4.18. The van der Waals surface area contributed by atoms with Gasteiger partial charge in [-0.3, -0.25) is 4.79 Å². The number of esters is 2. The summed E-state index contributed by atoms with van der Waals surface area (Å²) in [5, 5.41) is 2.82. The summed E-state index contributed by atoms with van der Waals surface area (Å²) in [5.41, 5.74) is -0.151. The number of carbonyl (C=O) groups is 2. The standard InChI is InChI=1S/C22H24F3NO4/c1-2-3-4-12-20(27)29-13-14-30-21(28)18-10-5-6-11-19(18)26-17-9-7-8-16(15-17)22(23,24)25/h5-11,15,26H,2-4,12-14H2,1H3. The van der Waals surface area contributed by atoms with Crippen LogP contribution in [0.25, 0.3) is 0 Å². The summed E-state index contributed by atoms with van der Waals surface area (Å²) < 4.78 is 48.8. The highest BCUT2D eigenvalue weighted by molar-refractivity contribution is 5.96. The van der Waals surface area contributed by atoms with E-state index in [0.29, 0.717) is 12.1 Å². The highest BCUT2D eigenvalue weighted by atomic mass is 19.4. The number of rotatable bonds is 10. The molecule has 30 heavy (non-hydrogen) atoms. The molecule has 0 atom stereocenters. The van der Waals surface area contributed by atoms with Crippen LogP contribution in [0.4, 0.5) is 24.5 Å². The quantitative estimate of drug-likeness (QED) is 0.391. The lowest BCUT2D eigenvalue weighted by Crippen LogP contribution is -2.15. The molecule has 5 nitrogen and oxygen atoms in total. The molecule has 1 N–H and O–H groups in total. The number of alkyl halides is 3. The molecule has 0 amide bonds. The molecule has 0 bridgehead atoms. The summed E-state index contributed by atoms with van der Waals surface area (Å²) in [7, 11) is 0. The van der Waals surface area contributed by atoms with Crippen molar-refractivity contribution in [1.82, 2.24) is 0 Å². The van der Waals surface area contributed by atoms with E-state index >= 15 is 0 Å². The van der Waals surface area contributed by atoms with Gasteiger partial charge in [-0.2, -0.15) is 13.2 Å². The molecule has 0 aromatic heterocycles. The average molecular weight is 423 g/mol. The second kappa shape index (κ2) is 11.2. The molecule has 0 saturated heterocycles. The second-order valence-electron chi connectivity index (χ2n) is 6.56. The summed E-state index contributed by atoms with van der Waals surface area (Å²) in [5.74, 6) is -1.02. The van der Waals surface area contributed by atoms with Gasteiger partial charge in [0.1, 0.15) is 13.2 Å². The van der Waals surface area contributed by atoms with E-state index in [1.165, 1.54) is 18.2 Å². The molecule has 0 heterocycles. The first-order valence-electron chi connectivity index (χ1n) is 9.67. The van der Waals surface area contributed by atoms with Crippen LogP contribution in [0.2, 0.25) is 0 Å². The molecular weight excluding hydrogens is 399 g/mol. The van der Waals surface area contributed by atoms with E-state index in [9.17, 15) is 22.8 Å². The van der Waals surface area contributed by atoms with Crippen LogP contribution in [0, 0.1) is 0 Å². The van der Waals surface area contributed by atoms with Crippen LogP contribution in [0.3, 0.4) is 0 Å². The maximum absolute atomic E-state index is 12.9. The fourth-order valence-electron chi connectivity index (χ4n) is 2.66. The molecule has 2 rings (SSSR count). The van der Waals surface area contributed by atoms with Gasteiger partial charge in [0.15, 0.2) is 0 Å². The van der Waals surface area contributed by atoms with Crippen LogP contribution in [0.5, 0.6) is 0 Å². The predicted octanol–water partition coefficient (Wildman–Crippen LogP) is 5.73. The normalized spacial score (nSPS) is 11.1. The van der Waals surface area contributed by atoms with Crippen LogP contribution in [-0.4, -0.2) is 25.2 Å². The number of hydrogen-bond acceptors (Lipinski definition) is 5. The van der Waals surface area contributed by atoms with Gasteiger partial charge in [0.05, 0.1) is 16.8 Å². The molecule has 0 saturated carbocycles. The minimum absolute atomic E-state index is 0.0556. The van der Waals surface area contributed by atoms with Gasteiger partial charge >= 0.3 is 18.1 Å². The number of benzene rings is 2. The van der Waals surface area contributed by atoms with E-state index in [0.717, 1.165) is 31.4 Å². The Bertz CT molecular complexity index is 852. The third-order valence-electron chi connectivity index (χ3n) is 4.18. The van der Waals surface area contributed by atoms with E-state index in [1.807, 2.05) is 6.92 Å². The highest BCUT2D eigenvalue weighted by Crippen LogP contribution is 2.32. The lowest BCUT2D eigenvalue weighted by molar-refractivity contribution is -0.144. The highest BCUT2D eigenvalue weighted by Gasteiger charge is 2.30. The monoisotopic (exact) mass is 423 g/mol. The van der Waals surface area contributed by atoms with Gasteiger partial charge in [0.2, 0.25) is 0 Å². The van der Waals surface area contributed by atoms with Crippen LogP contribution in [0.15, 0.2) is 48.5 Å². The largest absolute Gasteiger partial charge is 0.462 e. The molecule has 8 heteroatoms. The zero-order chi connectivity index (χ0) is 22.0. The van der Waals surface area contributed by atoms with Gasteiger partial charge in [0, 0.05) is 12.1 Å². The Morgan fingerprint density at radius 2 is 1.70 bits per heavy atom. The smallest absolute Gasteiger partial charge is 0.416 e. The van der Waals surface area contributed by atoms with Crippen molar-refractivity contribution in [2.45, 2.75) is 38.8 Å². The number of unbranched alkanes of at least 4 members (excludes halogenated alkanes) is 2. The van der Waals surface area contributed by atoms with Crippen molar-refractivity contribution in [3.8, 4) is 0 Å². The zero-order valence-corrected chi connectivity index (χ0v) is 16.6. The minimum Gasteiger partial charge on any atom is -0.462 e. The average Bonchev–Trinajstić information content (AvgIpc) is 2.71. The van der Waals surface area contributed by atoms with Gasteiger partial charge in [0.25, 0.3) is 0 Å². The van der Waals surface area contributed by atoms with E-state index in [-0.39, 0.29) is 30.4 Å². The Morgan fingerprint density at radius 3 is 2.43 bits per heavy atom. The van der Waals surface area contributed by atoms with Crippen molar-refractivity contribution < 1.29 is 32.2 Å². The zero-order valence-electron chi connectivity index (χ0n) is 16.6. The number of anilines is 2. The van der Waals surface area contributed by atoms with Crippen LogP contribution < -0.4 is 5.32 Å². The molecule has 0 aliphatic heterocycles. The Balaban J connectivity index is 1.93. The van der Waals surface area contributed by atoms with Crippen molar-refractivity contribution in [3.05, 3.63) is 59.7 Å². The molecule has 162 valence electrons. The lowest BCUT2D eigenvalue weighted by Gasteiger charge is -2.13. The summed E-state index contributed by atoms with van der Waals surface area (Å²) in [6.45, 7) is 1.86. The summed E-state index contributed by atoms with van der Waals surface area (Å²) >= 11 is 0. The number of para-hydroxylation sites is 1. The van der Waals surface area contributed by atoms with Gasteiger partial charge in [-0.05, 0) is 36.8 Å². The van der Waals surface area contributed by atoms with Crippen molar-refractivity contribution in [3.63, 3.8) is 0 Å². The predicted molar refractivity (Wildman–Crippen MR) is 107 cm³/mol. The van der Waals surface area contributed by atoms with Crippen LogP contribution in [-0.2, 0) is 20.4 Å². The first-order chi connectivity index (χ1) is 14.3. The van der Waals surface area contributed by atoms with Gasteiger partial charge in [-0.15, -0.1) is 0 Å². The molecule has 2 aromatic carbocycles. The third kappa shape index (κ3) is 7.42. The van der Waals surface area contributed by atoms with Crippen molar-refractivity contribution in [1.29, 1.82) is 0 Å². The molecule has 0 aliphatic carbocycles. The Hall–Kier alpha value is -3.03. The number of ether oxygens (including phenoxy) is 2. The van der Waals surface area contributed by atoms with Crippen molar-refractivity contribution in [2.24, 2.45) is 0 Å². The van der Waals surface area contributed by atoms with Crippen LogP contribution in [0.1, 0.15) is 48.5 Å². The van der Waals surface area contributed by atoms with Crippen LogP contribution >= 0.6 is 0 Å². The Morgan fingerprint density at radius 1 is 0.967 bits per heavy atom. The molecule has 0 fully saturated rings.